The second-order valence-corrected chi connectivity index (χ2v) is 5.25. The fourth-order valence-electron chi connectivity index (χ4n) is 2.43. The van der Waals surface area contributed by atoms with E-state index in [9.17, 15) is 0 Å². The van der Waals surface area contributed by atoms with Gasteiger partial charge in [0.2, 0.25) is 0 Å². The van der Waals surface area contributed by atoms with Crippen LogP contribution in [0, 0.1) is 0 Å². The molecule has 0 fully saturated rings. The highest BCUT2D eigenvalue weighted by Crippen LogP contribution is 2.21. The van der Waals surface area contributed by atoms with Crippen LogP contribution in [0.3, 0.4) is 0 Å². The maximum Gasteiger partial charge on any atom is -0.0184 e. The van der Waals surface area contributed by atoms with E-state index in [2.05, 4.69) is 74.5 Å². The molecule has 104 valence electrons. The third-order valence-electron chi connectivity index (χ3n) is 3.62. The van der Waals surface area contributed by atoms with Crippen LogP contribution in [0.5, 0.6) is 0 Å². The SMILES string of the molecule is C/C=C\CCc1ccc(-c2ccc(CCC)cc2)cc1. The summed E-state index contributed by atoms with van der Waals surface area (Å²) in [7, 11) is 0. The van der Waals surface area contributed by atoms with Gasteiger partial charge >= 0.3 is 0 Å². The van der Waals surface area contributed by atoms with Crippen molar-refractivity contribution in [2.45, 2.75) is 39.5 Å². The Bertz CT molecular complexity index is 529. The molecule has 2 aromatic rings. The minimum absolute atomic E-state index is 1.13. The maximum absolute atomic E-state index is 2.25. The minimum atomic E-state index is 1.13. The first kappa shape index (κ1) is 14.6. The van der Waals surface area contributed by atoms with Crippen molar-refractivity contribution in [1.82, 2.24) is 0 Å². The molecule has 0 radical (unpaired) electrons. The number of allylic oxidation sites excluding steroid dienone is 2. The molecule has 0 unspecified atom stereocenters. The zero-order valence-corrected chi connectivity index (χ0v) is 12.6. The fraction of sp³-hybridized carbons (Fsp3) is 0.300. The van der Waals surface area contributed by atoms with Gasteiger partial charge in [0.15, 0.2) is 0 Å². The van der Waals surface area contributed by atoms with Gasteiger partial charge < -0.3 is 0 Å². The number of hydrogen-bond donors (Lipinski definition) is 0. The van der Waals surface area contributed by atoms with E-state index in [4.69, 9.17) is 0 Å². The van der Waals surface area contributed by atoms with Crippen LogP contribution in [-0.4, -0.2) is 0 Å². The summed E-state index contributed by atoms with van der Waals surface area (Å²) in [4.78, 5) is 0. The quantitative estimate of drug-likeness (QED) is 0.577. The molecule has 0 spiro atoms. The summed E-state index contributed by atoms with van der Waals surface area (Å²) in [6.45, 7) is 4.30. The molecule has 0 aliphatic heterocycles. The molecule has 0 atom stereocenters. The standard InChI is InChI=1S/C20H24/c1-3-5-6-8-18-11-15-20(16-12-18)19-13-9-17(7-4-2)10-14-19/h3,5,9-16H,4,6-8H2,1-2H3/b5-3-. The molecule has 20 heavy (non-hydrogen) atoms. The van der Waals surface area contributed by atoms with Crippen LogP contribution in [0.2, 0.25) is 0 Å². The van der Waals surface area contributed by atoms with Crippen LogP contribution in [0.4, 0.5) is 0 Å². The molecule has 0 aromatic heterocycles. The van der Waals surface area contributed by atoms with E-state index in [0.29, 0.717) is 0 Å². The zero-order chi connectivity index (χ0) is 14.2. The Morgan fingerprint density at radius 3 is 1.70 bits per heavy atom. The van der Waals surface area contributed by atoms with Gasteiger partial charge in [-0.3, -0.25) is 0 Å². The fourth-order valence-corrected chi connectivity index (χ4v) is 2.43. The maximum atomic E-state index is 2.25. The van der Waals surface area contributed by atoms with Gasteiger partial charge in [0.25, 0.3) is 0 Å². The van der Waals surface area contributed by atoms with E-state index >= 15 is 0 Å². The van der Waals surface area contributed by atoms with Crippen molar-refractivity contribution in [2.75, 3.05) is 0 Å². The number of benzene rings is 2. The predicted octanol–water partition coefficient (Wildman–Crippen LogP) is 5.81. The van der Waals surface area contributed by atoms with E-state index < -0.39 is 0 Å². The molecule has 2 rings (SSSR count). The van der Waals surface area contributed by atoms with Crippen LogP contribution in [0.15, 0.2) is 60.7 Å². The summed E-state index contributed by atoms with van der Waals surface area (Å²) in [5.41, 5.74) is 5.46. The van der Waals surface area contributed by atoms with Crippen molar-refractivity contribution in [2.24, 2.45) is 0 Å². The van der Waals surface area contributed by atoms with Gasteiger partial charge in [0.1, 0.15) is 0 Å². The van der Waals surface area contributed by atoms with E-state index in [-0.39, 0.29) is 0 Å². The highest BCUT2D eigenvalue weighted by atomic mass is 14.0. The third-order valence-corrected chi connectivity index (χ3v) is 3.62. The molecule has 0 heterocycles. The predicted molar refractivity (Wildman–Crippen MR) is 89.0 cm³/mol. The van der Waals surface area contributed by atoms with Crippen LogP contribution in [-0.2, 0) is 12.8 Å². The Hall–Kier alpha value is -1.82. The van der Waals surface area contributed by atoms with Crippen molar-refractivity contribution < 1.29 is 0 Å². The van der Waals surface area contributed by atoms with Gasteiger partial charge in [-0.05, 0) is 48.4 Å². The number of aryl methyl sites for hydroxylation is 2. The van der Waals surface area contributed by atoms with E-state index in [0.717, 1.165) is 12.8 Å². The number of rotatable bonds is 6. The summed E-state index contributed by atoms with van der Waals surface area (Å²) < 4.78 is 0. The van der Waals surface area contributed by atoms with Gasteiger partial charge in [0.05, 0.1) is 0 Å². The highest BCUT2D eigenvalue weighted by Gasteiger charge is 1.99. The topological polar surface area (TPSA) is 0 Å². The first-order chi connectivity index (χ1) is 9.83. The molecule has 0 aliphatic carbocycles. The van der Waals surface area contributed by atoms with E-state index in [1.807, 2.05) is 0 Å². The Labute approximate surface area is 123 Å². The van der Waals surface area contributed by atoms with Gasteiger partial charge in [0, 0.05) is 0 Å². The highest BCUT2D eigenvalue weighted by molar-refractivity contribution is 5.63. The lowest BCUT2D eigenvalue weighted by atomic mass is 10.00. The summed E-state index contributed by atoms with van der Waals surface area (Å²) in [6.07, 6.45) is 8.97. The molecular weight excluding hydrogens is 240 g/mol. The van der Waals surface area contributed by atoms with Gasteiger partial charge in [-0.25, -0.2) is 0 Å². The monoisotopic (exact) mass is 264 g/mol. The molecule has 0 saturated carbocycles. The smallest absolute Gasteiger partial charge is 0.0184 e. The summed E-state index contributed by atoms with van der Waals surface area (Å²) in [5, 5.41) is 0. The average molecular weight is 264 g/mol. The van der Waals surface area contributed by atoms with Gasteiger partial charge in [-0.1, -0.05) is 74.0 Å². The molecular formula is C20H24. The second-order valence-electron chi connectivity index (χ2n) is 5.25. The Kier molecular flexibility index (Phi) is 5.61. The van der Waals surface area contributed by atoms with Crippen LogP contribution >= 0.6 is 0 Å². The van der Waals surface area contributed by atoms with Crippen molar-refractivity contribution in [3.63, 3.8) is 0 Å². The Balaban J connectivity index is 2.05. The molecule has 0 aliphatic rings. The van der Waals surface area contributed by atoms with Crippen LogP contribution < -0.4 is 0 Å². The van der Waals surface area contributed by atoms with Crippen molar-refractivity contribution in [3.05, 3.63) is 71.8 Å². The lowest BCUT2D eigenvalue weighted by Gasteiger charge is -2.05. The lowest BCUT2D eigenvalue weighted by Crippen LogP contribution is -1.86. The van der Waals surface area contributed by atoms with E-state index in [1.54, 1.807) is 0 Å². The van der Waals surface area contributed by atoms with Crippen molar-refractivity contribution in [3.8, 4) is 11.1 Å². The van der Waals surface area contributed by atoms with Crippen LogP contribution in [0.25, 0.3) is 11.1 Å². The van der Waals surface area contributed by atoms with E-state index in [1.165, 1.54) is 35.1 Å². The number of hydrogen-bond acceptors (Lipinski definition) is 0. The molecule has 0 bridgehead atoms. The summed E-state index contributed by atoms with van der Waals surface area (Å²) in [6, 6.07) is 17.9. The molecule has 0 heteroatoms. The largest absolute Gasteiger partial charge is 0.0917 e. The molecule has 2 aromatic carbocycles. The first-order valence-electron chi connectivity index (χ1n) is 7.63. The van der Waals surface area contributed by atoms with Gasteiger partial charge in [-0.15, -0.1) is 0 Å². The van der Waals surface area contributed by atoms with Crippen molar-refractivity contribution >= 4 is 0 Å². The summed E-state index contributed by atoms with van der Waals surface area (Å²) >= 11 is 0. The molecule has 0 nitrogen and oxygen atoms in total. The summed E-state index contributed by atoms with van der Waals surface area (Å²) in [5.74, 6) is 0. The lowest BCUT2D eigenvalue weighted by molar-refractivity contribution is 0.922. The Morgan fingerprint density at radius 1 is 0.750 bits per heavy atom. The molecule has 0 N–H and O–H groups in total. The average Bonchev–Trinajstić information content (AvgIpc) is 2.49. The normalized spacial score (nSPS) is 11.1. The van der Waals surface area contributed by atoms with Gasteiger partial charge in [-0.2, -0.15) is 0 Å². The van der Waals surface area contributed by atoms with Crippen molar-refractivity contribution in [1.29, 1.82) is 0 Å². The van der Waals surface area contributed by atoms with Crippen LogP contribution in [0.1, 0.15) is 37.8 Å². The third kappa shape index (κ3) is 4.09. The molecule has 0 amide bonds. The second kappa shape index (κ2) is 7.69. The zero-order valence-electron chi connectivity index (χ0n) is 12.6. The minimum Gasteiger partial charge on any atom is -0.0917 e. The first-order valence-corrected chi connectivity index (χ1v) is 7.63. The Morgan fingerprint density at radius 2 is 1.25 bits per heavy atom. The molecule has 0 saturated heterocycles.